The number of hydrogen-bond donors (Lipinski definition) is 3. The number of hydrogen-bond acceptors (Lipinski definition) is 16. The normalized spacial score (nSPS) is 37.1. The first-order valence-corrected chi connectivity index (χ1v) is 17.8. The Morgan fingerprint density at radius 1 is 1.07 bits per heavy atom. The molecule has 2 radical (unpaired) electrons. The number of nitrogens with zero attached hydrogens (tertiary/aromatic N) is 7. The fourth-order valence-electron chi connectivity index (χ4n) is 5.65. The zero-order valence-corrected chi connectivity index (χ0v) is 26.5. The Hall–Kier alpha value is -2.75. The second-order valence-electron chi connectivity index (χ2n) is 10.6. The molecular weight excluding hydrogens is 674 g/mol. The van der Waals surface area contributed by atoms with Crippen molar-refractivity contribution < 1.29 is 46.2 Å². The molecule has 3 aliphatic heterocycles. The largest absolute Gasteiger partial charge is 0.382 e. The van der Waals surface area contributed by atoms with Crippen molar-refractivity contribution in [1.82, 2.24) is 39.0 Å². The Morgan fingerprint density at radius 3 is 2.52 bits per heavy atom. The van der Waals surface area contributed by atoms with Crippen molar-refractivity contribution in [1.29, 1.82) is 0 Å². The summed E-state index contributed by atoms with van der Waals surface area (Å²) < 4.78 is 72.6. The van der Waals surface area contributed by atoms with E-state index in [-0.39, 0.29) is 28.1 Å². The maximum atomic E-state index is 16.1. The highest BCUT2D eigenvalue weighted by atomic mass is 32.5. The van der Waals surface area contributed by atoms with Crippen LogP contribution >= 0.6 is 14.2 Å². The molecule has 46 heavy (non-hydrogen) atoms. The van der Waals surface area contributed by atoms with Crippen LogP contribution in [0.25, 0.3) is 22.3 Å². The molecule has 9 unspecified atom stereocenters. The Labute approximate surface area is 264 Å². The molecule has 3 saturated heterocycles. The van der Waals surface area contributed by atoms with E-state index in [9.17, 15) is 14.3 Å². The van der Waals surface area contributed by atoms with Gasteiger partial charge in [-0.25, -0.2) is 29.3 Å². The molecular formula is C22H25BFN9O10P2S. The minimum atomic E-state index is -4.51. The van der Waals surface area contributed by atoms with Gasteiger partial charge in [-0.2, -0.15) is 0 Å². The number of nitrogen functional groups attached to an aromatic ring is 1. The lowest BCUT2D eigenvalue weighted by molar-refractivity contribution is -0.0594. The molecule has 19 nitrogen and oxygen atoms in total. The third kappa shape index (κ3) is 5.60. The van der Waals surface area contributed by atoms with Gasteiger partial charge in [-0.15, -0.1) is 0 Å². The van der Waals surface area contributed by atoms with Crippen LogP contribution in [0.3, 0.4) is 0 Å². The van der Waals surface area contributed by atoms with Crippen LogP contribution in [0, 0.1) is 6.92 Å². The summed E-state index contributed by atoms with van der Waals surface area (Å²) in [5, 5.41) is 0. The molecule has 7 rings (SSSR count). The number of methoxy groups -OCH3 is 1. The minimum Gasteiger partial charge on any atom is -0.382 e. The Kier molecular flexibility index (Phi) is 8.13. The van der Waals surface area contributed by atoms with E-state index in [4.69, 9.17) is 57.4 Å². The van der Waals surface area contributed by atoms with Gasteiger partial charge >= 0.3 is 6.72 Å². The van der Waals surface area contributed by atoms with Crippen LogP contribution < -0.4 is 11.3 Å². The summed E-state index contributed by atoms with van der Waals surface area (Å²) in [6, 6.07) is 0. The smallest absolute Gasteiger partial charge is 0.325 e. The summed E-state index contributed by atoms with van der Waals surface area (Å²) in [4.78, 5) is 46.7. The lowest BCUT2D eigenvalue weighted by Gasteiger charge is -2.28. The number of aryl methyl sites for hydroxylation is 1. The highest BCUT2D eigenvalue weighted by Crippen LogP contribution is 2.54. The number of halogens is 1. The summed E-state index contributed by atoms with van der Waals surface area (Å²) in [6.07, 6.45) is -7.19. The molecule has 10 atom stereocenters. The Morgan fingerprint density at radius 2 is 1.76 bits per heavy atom. The highest BCUT2D eigenvalue weighted by molar-refractivity contribution is 8.07. The molecule has 7 heterocycles. The number of anilines is 1. The fraction of sp³-hybridized carbons (Fsp3) is 0.545. The molecule has 4 N–H and O–H groups in total. The van der Waals surface area contributed by atoms with Gasteiger partial charge in [-0.05, 0) is 18.7 Å². The molecule has 2 bridgehead atoms. The fourth-order valence-corrected chi connectivity index (χ4v) is 8.06. The number of aromatic nitrogens is 8. The standard InChI is InChI=1S/C22H25BFN9O10P2S/c1-8-30-19-13(20(34)31-8)29-7-33(19)22-16-15(37-2)10(41-22)4-39-45(36,46)43-14-9(3-38-44(23,35)42-16)40-21(11(14)24)32-6-28-12-17(25)26-5-27-18(12)32/h5-7,9-11,14-16,21-22H,3-4H2,1-2H3,(H,36,46)(H2,25,26,27)(H,30,31,34)/t9?,10?,11?,14?,15?,16?,21?,22?,44-,45?/m1/s1. The summed E-state index contributed by atoms with van der Waals surface area (Å²) in [5.41, 5.74) is 5.86. The van der Waals surface area contributed by atoms with Gasteiger partial charge in [0.25, 0.3) is 13.0 Å². The number of H-pyrrole nitrogens is 1. The van der Waals surface area contributed by atoms with E-state index in [1.807, 2.05) is 0 Å². The van der Waals surface area contributed by atoms with Crippen molar-refractivity contribution >= 4 is 61.7 Å². The van der Waals surface area contributed by atoms with E-state index >= 15 is 4.39 Å². The molecule has 0 aliphatic carbocycles. The second kappa shape index (κ2) is 11.7. The number of fused-ring (bicyclic) bond motifs is 5. The predicted molar refractivity (Wildman–Crippen MR) is 158 cm³/mol. The average molecular weight is 699 g/mol. The van der Waals surface area contributed by atoms with Crippen LogP contribution in [-0.4, -0.2) is 109 Å². The summed E-state index contributed by atoms with van der Waals surface area (Å²) in [7, 11) is 2.86. The minimum absolute atomic E-state index is 0.00189. The molecule has 0 spiro atoms. The molecule has 0 aromatic carbocycles. The van der Waals surface area contributed by atoms with Crippen molar-refractivity contribution in [2.45, 2.75) is 56.1 Å². The van der Waals surface area contributed by atoms with Crippen LogP contribution in [-0.2, 0) is 48.7 Å². The van der Waals surface area contributed by atoms with Gasteiger partial charge in [-0.3, -0.25) is 23.0 Å². The van der Waals surface area contributed by atoms with Gasteiger partial charge in [-0.1, -0.05) is 0 Å². The quantitative estimate of drug-likeness (QED) is 0.193. The van der Waals surface area contributed by atoms with Gasteiger partial charge in [0.1, 0.15) is 48.2 Å². The van der Waals surface area contributed by atoms with Crippen LogP contribution in [0.15, 0.2) is 23.8 Å². The maximum absolute atomic E-state index is 16.1. The zero-order chi connectivity index (χ0) is 32.5. The van der Waals surface area contributed by atoms with Gasteiger partial charge < -0.3 is 43.4 Å². The van der Waals surface area contributed by atoms with Crippen LogP contribution in [0.5, 0.6) is 0 Å². The second-order valence-corrected chi connectivity index (χ2v) is 14.9. The molecule has 4 aromatic heterocycles. The topological polar surface area (TPSA) is 235 Å². The van der Waals surface area contributed by atoms with E-state index in [1.165, 1.54) is 35.2 Å². The first-order chi connectivity index (χ1) is 21.9. The van der Waals surface area contributed by atoms with Crippen molar-refractivity contribution in [2.75, 3.05) is 26.1 Å². The molecule has 244 valence electrons. The predicted octanol–water partition coefficient (Wildman–Crippen LogP) is 0.309. The lowest BCUT2D eigenvalue weighted by atomic mass is 10.1. The summed E-state index contributed by atoms with van der Waals surface area (Å²) in [5.74, 6) is 0.354. The Balaban J connectivity index is 1.22. The molecule has 3 aliphatic rings. The molecule has 24 heteroatoms. The van der Waals surface area contributed by atoms with E-state index in [0.717, 1.165) is 0 Å². The summed E-state index contributed by atoms with van der Waals surface area (Å²) in [6.45, 7) is -3.73. The molecule has 3 fully saturated rings. The van der Waals surface area contributed by atoms with Gasteiger partial charge in [0.2, 0.25) is 7.57 Å². The maximum Gasteiger partial charge on any atom is 0.325 e. The number of nitrogens with one attached hydrogen (secondary N) is 1. The van der Waals surface area contributed by atoms with Crippen molar-refractivity contribution in [3.8, 4) is 0 Å². The van der Waals surface area contributed by atoms with Crippen LogP contribution in [0.1, 0.15) is 18.3 Å². The number of aromatic amines is 1. The SMILES string of the molecule is [B][P@@]1(=O)OCC2OC(n3cnc4c(N)ncnc43)C(F)C2OP(O)(=S)OCC2OC(n3cnc4c(=O)[nH]c(C)nc43)C(O1)C2OC. The first-order valence-electron chi connectivity index (χ1n) is 13.6. The number of alkyl halides is 1. The van der Waals surface area contributed by atoms with E-state index in [0.29, 0.717) is 5.82 Å². The zero-order valence-electron chi connectivity index (χ0n) is 23.9. The van der Waals surface area contributed by atoms with E-state index in [2.05, 4.69) is 29.9 Å². The third-order valence-electron chi connectivity index (χ3n) is 7.65. The van der Waals surface area contributed by atoms with Gasteiger partial charge in [0.05, 0.1) is 25.9 Å². The highest BCUT2D eigenvalue weighted by Gasteiger charge is 2.53. The van der Waals surface area contributed by atoms with E-state index in [1.54, 1.807) is 6.92 Å². The number of ether oxygens (including phenoxy) is 3. The van der Waals surface area contributed by atoms with Crippen molar-refractivity contribution in [3.05, 3.63) is 35.2 Å². The van der Waals surface area contributed by atoms with Gasteiger partial charge in [0.15, 0.2) is 41.3 Å². The average Bonchev–Trinajstić information content (AvgIpc) is 3.75. The van der Waals surface area contributed by atoms with Crippen molar-refractivity contribution in [3.63, 3.8) is 0 Å². The molecule has 0 saturated carbocycles. The number of imidazole rings is 2. The lowest BCUT2D eigenvalue weighted by Crippen LogP contribution is -2.37. The number of rotatable bonds is 3. The van der Waals surface area contributed by atoms with Crippen molar-refractivity contribution in [2.24, 2.45) is 0 Å². The Bertz CT molecular complexity index is 1970. The van der Waals surface area contributed by atoms with Crippen LogP contribution in [0.2, 0.25) is 0 Å². The van der Waals surface area contributed by atoms with E-state index < -0.39 is 82.1 Å². The van der Waals surface area contributed by atoms with Crippen LogP contribution in [0.4, 0.5) is 10.2 Å². The van der Waals surface area contributed by atoms with Gasteiger partial charge in [0, 0.05) is 7.11 Å². The molecule has 0 amide bonds. The monoisotopic (exact) mass is 699 g/mol. The summed E-state index contributed by atoms with van der Waals surface area (Å²) >= 11 is 5.24. The first kappa shape index (κ1) is 31.8. The number of nitrogens with two attached hydrogens (primary N) is 1. The molecule has 4 aromatic rings. The third-order valence-corrected chi connectivity index (χ3v) is 10.3.